The second-order valence-corrected chi connectivity index (χ2v) is 5.86. The SMILES string of the molecule is CCOC(=O)c1c(C)nsc1Nc1cccc(Br)c1C. The van der Waals surface area contributed by atoms with E-state index >= 15 is 0 Å². The van der Waals surface area contributed by atoms with Gasteiger partial charge in [0.2, 0.25) is 0 Å². The molecule has 20 heavy (non-hydrogen) atoms. The number of esters is 1. The molecule has 2 rings (SSSR count). The quantitative estimate of drug-likeness (QED) is 0.824. The van der Waals surface area contributed by atoms with E-state index in [2.05, 4.69) is 25.6 Å². The fraction of sp³-hybridized carbons (Fsp3) is 0.286. The van der Waals surface area contributed by atoms with Crippen LogP contribution in [0.3, 0.4) is 0 Å². The van der Waals surface area contributed by atoms with Gasteiger partial charge >= 0.3 is 5.97 Å². The molecule has 0 fully saturated rings. The Morgan fingerprint density at radius 1 is 1.45 bits per heavy atom. The smallest absolute Gasteiger partial charge is 0.343 e. The molecule has 0 spiro atoms. The molecule has 0 aliphatic heterocycles. The maximum Gasteiger partial charge on any atom is 0.343 e. The second kappa shape index (κ2) is 6.37. The first kappa shape index (κ1) is 15.0. The van der Waals surface area contributed by atoms with Crippen LogP contribution < -0.4 is 5.32 Å². The number of carbonyl (C=O) groups is 1. The third kappa shape index (κ3) is 3.02. The van der Waals surface area contributed by atoms with Crippen LogP contribution in [-0.4, -0.2) is 16.9 Å². The summed E-state index contributed by atoms with van der Waals surface area (Å²) in [4.78, 5) is 12.0. The molecule has 0 saturated heterocycles. The van der Waals surface area contributed by atoms with Gasteiger partial charge in [0, 0.05) is 10.2 Å². The molecule has 0 atom stereocenters. The Morgan fingerprint density at radius 2 is 2.20 bits per heavy atom. The lowest BCUT2D eigenvalue weighted by Crippen LogP contribution is -2.07. The molecule has 6 heteroatoms. The number of nitrogens with zero attached hydrogens (tertiary/aromatic N) is 1. The van der Waals surface area contributed by atoms with Crippen molar-refractivity contribution in [3.05, 3.63) is 39.5 Å². The number of aryl methyl sites for hydroxylation is 1. The number of hydrogen-bond acceptors (Lipinski definition) is 5. The van der Waals surface area contributed by atoms with E-state index in [0.29, 0.717) is 22.9 Å². The number of aromatic nitrogens is 1. The molecular weight excluding hydrogens is 340 g/mol. The Morgan fingerprint density at radius 3 is 2.90 bits per heavy atom. The molecule has 4 nitrogen and oxygen atoms in total. The molecule has 2 aromatic rings. The molecule has 0 bridgehead atoms. The number of hydrogen-bond donors (Lipinski definition) is 1. The minimum Gasteiger partial charge on any atom is -0.462 e. The van der Waals surface area contributed by atoms with Crippen LogP contribution in [0.25, 0.3) is 0 Å². The van der Waals surface area contributed by atoms with E-state index in [1.54, 1.807) is 6.92 Å². The van der Waals surface area contributed by atoms with Gasteiger partial charge in [-0.05, 0) is 50.0 Å². The van der Waals surface area contributed by atoms with Crippen LogP contribution in [0.5, 0.6) is 0 Å². The third-order valence-corrected chi connectivity index (χ3v) is 4.57. The van der Waals surface area contributed by atoms with Crippen LogP contribution in [0.1, 0.15) is 28.5 Å². The van der Waals surface area contributed by atoms with Gasteiger partial charge in [0.25, 0.3) is 0 Å². The highest BCUT2D eigenvalue weighted by atomic mass is 79.9. The van der Waals surface area contributed by atoms with Crippen molar-refractivity contribution < 1.29 is 9.53 Å². The summed E-state index contributed by atoms with van der Waals surface area (Å²) in [6.07, 6.45) is 0. The number of ether oxygens (including phenoxy) is 1. The average molecular weight is 355 g/mol. The van der Waals surface area contributed by atoms with Gasteiger partial charge in [-0.25, -0.2) is 4.79 Å². The molecule has 0 unspecified atom stereocenters. The van der Waals surface area contributed by atoms with Crippen molar-refractivity contribution in [2.45, 2.75) is 20.8 Å². The lowest BCUT2D eigenvalue weighted by molar-refractivity contribution is 0.0527. The first-order valence-corrected chi connectivity index (χ1v) is 7.76. The Bertz CT molecular complexity index is 640. The number of benzene rings is 1. The third-order valence-electron chi connectivity index (χ3n) is 2.86. The second-order valence-electron chi connectivity index (χ2n) is 4.23. The molecule has 1 aromatic heterocycles. The van der Waals surface area contributed by atoms with E-state index in [0.717, 1.165) is 15.7 Å². The van der Waals surface area contributed by atoms with Gasteiger partial charge in [-0.1, -0.05) is 22.0 Å². The minimum atomic E-state index is -0.339. The van der Waals surface area contributed by atoms with Crippen LogP contribution in [0.4, 0.5) is 10.7 Å². The Labute approximate surface area is 130 Å². The number of carbonyl (C=O) groups excluding carboxylic acids is 1. The normalized spacial score (nSPS) is 10.4. The zero-order valence-corrected chi connectivity index (χ0v) is 13.9. The van der Waals surface area contributed by atoms with Crippen LogP contribution in [0.15, 0.2) is 22.7 Å². The van der Waals surface area contributed by atoms with Gasteiger partial charge < -0.3 is 10.1 Å². The first-order chi connectivity index (χ1) is 9.54. The van der Waals surface area contributed by atoms with Crippen LogP contribution in [-0.2, 0) is 4.74 Å². The molecule has 0 aliphatic rings. The maximum absolute atomic E-state index is 12.0. The fourth-order valence-electron chi connectivity index (χ4n) is 1.76. The molecule has 0 amide bonds. The maximum atomic E-state index is 12.0. The van der Waals surface area contributed by atoms with Gasteiger partial charge in [0.05, 0.1) is 12.3 Å². The number of anilines is 2. The summed E-state index contributed by atoms with van der Waals surface area (Å²) < 4.78 is 10.3. The van der Waals surface area contributed by atoms with E-state index in [1.165, 1.54) is 11.5 Å². The van der Waals surface area contributed by atoms with E-state index in [-0.39, 0.29) is 5.97 Å². The van der Waals surface area contributed by atoms with Crippen molar-refractivity contribution in [1.82, 2.24) is 4.37 Å². The highest BCUT2D eigenvalue weighted by Crippen LogP contribution is 2.32. The summed E-state index contributed by atoms with van der Waals surface area (Å²) in [6, 6.07) is 5.88. The molecule has 0 radical (unpaired) electrons. The Kier molecular flexibility index (Phi) is 4.77. The molecule has 1 N–H and O–H groups in total. The minimum absolute atomic E-state index is 0.339. The van der Waals surface area contributed by atoms with E-state index < -0.39 is 0 Å². The predicted molar refractivity (Wildman–Crippen MR) is 85.0 cm³/mol. The van der Waals surface area contributed by atoms with Crippen molar-refractivity contribution >= 4 is 44.1 Å². The number of halogens is 1. The molecule has 1 aromatic carbocycles. The van der Waals surface area contributed by atoms with Crippen molar-refractivity contribution in [2.24, 2.45) is 0 Å². The van der Waals surface area contributed by atoms with Gasteiger partial charge in [-0.15, -0.1) is 0 Å². The predicted octanol–water partition coefficient (Wildman–Crippen LogP) is 4.44. The monoisotopic (exact) mass is 354 g/mol. The van der Waals surface area contributed by atoms with Crippen molar-refractivity contribution in [3.63, 3.8) is 0 Å². The summed E-state index contributed by atoms with van der Waals surface area (Å²) in [7, 11) is 0. The van der Waals surface area contributed by atoms with Crippen molar-refractivity contribution in [3.8, 4) is 0 Å². The molecule has 0 saturated carbocycles. The summed E-state index contributed by atoms with van der Waals surface area (Å²) in [5, 5.41) is 3.98. The topological polar surface area (TPSA) is 51.2 Å². The van der Waals surface area contributed by atoms with Crippen molar-refractivity contribution in [2.75, 3.05) is 11.9 Å². The molecular formula is C14H15BrN2O2S. The summed E-state index contributed by atoms with van der Waals surface area (Å²) in [5.74, 6) is -0.339. The molecule has 0 aliphatic carbocycles. The highest BCUT2D eigenvalue weighted by Gasteiger charge is 2.20. The summed E-state index contributed by atoms with van der Waals surface area (Å²) in [6.45, 7) is 5.95. The highest BCUT2D eigenvalue weighted by molar-refractivity contribution is 9.10. The largest absolute Gasteiger partial charge is 0.462 e. The van der Waals surface area contributed by atoms with Gasteiger partial charge in [0.15, 0.2) is 0 Å². The molecule has 1 heterocycles. The lowest BCUT2D eigenvalue weighted by atomic mass is 10.2. The summed E-state index contributed by atoms with van der Waals surface area (Å²) >= 11 is 4.76. The molecule has 106 valence electrons. The average Bonchev–Trinajstić information content (AvgIpc) is 2.76. The number of rotatable bonds is 4. The van der Waals surface area contributed by atoms with Gasteiger partial charge in [0.1, 0.15) is 10.6 Å². The summed E-state index contributed by atoms with van der Waals surface area (Å²) in [5.41, 5.74) is 3.21. The van der Waals surface area contributed by atoms with Crippen LogP contribution in [0, 0.1) is 13.8 Å². The van der Waals surface area contributed by atoms with E-state index in [1.807, 2.05) is 32.0 Å². The van der Waals surface area contributed by atoms with Crippen LogP contribution >= 0.6 is 27.5 Å². The Hall–Kier alpha value is -1.40. The zero-order chi connectivity index (χ0) is 14.7. The Balaban J connectivity index is 2.35. The zero-order valence-electron chi connectivity index (χ0n) is 11.5. The van der Waals surface area contributed by atoms with E-state index in [4.69, 9.17) is 4.74 Å². The number of nitrogens with one attached hydrogen (secondary N) is 1. The first-order valence-electron chi connectivity index (χ1n) is 6.20. The van der Waals surface area contributed by atoms with Crippen molar-refractivity contribution in [1.29, 1.82) is 0 Å². The van der Waals surface area contributed by atoms with Crippen LogP contribution in [0.2, 0.25) is 0 Å². The lowest BCUT2D eigenvalue weighted by Gasteiger charge is -2.10. The van der Waals surface area contributed by atoms with Gasteiger partial charge in [-0.2, -0.15) is 4.37 Å². The standard InChI is InChI=1S/C14H15BrN2O2S/c1-4-19-14(18)12-9(3)17-20-13(12)16-11-7-5-6-10(15)8(11)2/h5-7,16H,4H2,1-3H3. The fourth-order valence-corrected chi connectivity index (χ4v) is 2.93. The van der Waals surface area contributed by atoms with E-state index in [9.17, 15) is 4.79 Å². The van der Waals surface area contributed by atoms with Gasteiger partial charge in [-0.3, -0.25) is 0 Å².